The highest BCUT2D eigenvalue weighted by atomic mass is 16.3. The minimum absolute atomic E-state index is 0.211. The summed E-state index contributed by atoms with van der Waals surface area (Å²) in [7, 11) is 0. The predicted octanol–water partition coefficient (Wildman–Crippen LogP) is 2.13. The Hall–Kier alpha value is -1.13. The van der Waals surface area contributed by atoms with Gasteiger partial charge in [0.2, 0.25) is 0 Å². The van der Waals surface area contributed by atoms with Crippen LogP contribution in [0.25, 0.3) is 0 Å². The summed E-state index contributed by atoms with van der Waals surface area (Å²) in [6.07, 6.45) is 3.89. The number of hydrogen-bond acceptors (Lipinski definition) is 4. The van der Waals surface area contributed by atoms with Gasteiger partial charge in [-0.05, 0) is 50.7 Å². The highest BCUT2D eigenvalue weighted by molar-refractivity contribution is 5.27. The number of hydrogen-bond donors (Lipinski definition) is 3. The number of aromatic nitrogens is 1. The number of aryl methyl sites for hydroxylation is 1. The molecule has 4 heteroatoms. The van der Waals surface area contributed by atoms with E-state index in [-0.39, 0.29) is 5.75 Å². The van der Waals surface area contributed by atoms with Crippen molar-refractivity contribution in [3.05, 3.63) is 23.5 Å². The highest BCUT2D eigenvalue weighted by Crippen LogP contribution is 2.31. The molecule has 1 heterocycles. The van der Waals surface area contributed by atoms with E-state index < -0.39 is 5.60 Å². The maximum atomic E-state index is 10.4. The Morgan fingerprint density at radius 1 is 1.37 bits per heavy atom. The molecule has 106 valence electrons. The van der Waals surface area contributed by atoms with Crippen LogP contribution in [0.1, 0.15) is 44.0 Å². The lowest BCUT2D eigenvalue weighted by atomic mass is 9.79. The molecular weight excluding hydrogens is 240 g/mol. The first-order valence-corrected chi connectivity index (χ1v) is 7.07. The fourth-order valence-electron chi connectivity index (χ4n) is 2.62. The molecule has 0 aromatic carbocycles. The zero-order valence-electron chi connectivity index (χ0n) is 11.8. The van der Waals surface area contributed by atoms with Crippen molar-refractivity contribution in [2.24, 2.45) is 5.92 Å². The minimum atomic E-state index is -0.591. The minimum Gasteiger partial charge on any atom is -0.506 e. The predicted molar refractivity (Wildman–Crippen MR) is 74.9 cm³/mol. The Morgan fingerprint density at radius 2 is 2.05 bits per heavy atom. The first-order chi connectivity index (χ1) is 8.98. The van der Waals surface area contributed by atoms with Gasteiger partial charge >= 0.3 is 0 Å². The molecule has 4 nitrogen and oxygen atoms in total. The van der Waals surface area contributed by atoms with E-state index in [0.29, 0.717) is 18.8 Å². The average molecular weight is 264 g/mol. The van der Waals surface area contributed by atoms with E-state index in [9.17, 15) is 10.2 Å². The monoisotopic (exact) mass is 264 g/mol. The molecule has 1 fully saturated rings. The Bertz CT molecular complexity index is 426. The van der Waals surface area contributed by atoms with Crippen LogP contribution in [0.4, 0.5) is 0 Å². The van der Waals surface area contributed by atoms with Gasteiger partial charge in [0.05, 0.1) is 11.3 Å². The van der Waals surface area contributed by atoms with Gasteiger partial charge in [-0.2, -0.15) is 0 Å². The van der Waals surface area contributed by atoms with Gasteiger partial charge in [-0.25, -0.2) is 0 Å². The Labute approximate surface area is 114 Å². The first-order valence-electron chi connectivity index (χ1n) is 7.07. The van der Waals surface area contributed by atoms with Crippen molar-refractivity contribution in [1.29, 1.82) is 0 Å². The van der Waals surface area contributed by atoms with Crippen LogP contribution >= 0.6 is 0 Å². The molecule has 0 atom stereocenters. The first kappa shape index (κ1) is 14.3. The van der Waals surface area contributed by atoms with Gasteiger partial charge in [-0.15, -0.1) is 0 Å². The molecule has 0 saturated heterocycles. The van der Waals surface area contributed by atoms with Crippen LogP contribution in [-0.2, 0) is 6.54 Å². The average Bonchev–Trinajstić information content (AvgIpc) is 2.38. The quantitative estimate of drug-likeness (QED) is 0.779. The zero-order valence-corrected chi connectivity index (χ0v) is 11.8. The van der Waals surface area contributed by atoms with E-state index in [2.05, 4.69) is 17.2 Å². The summed E-state index contributed by atoms with van der Waals surface area (Å²) in [5, 5.41) is 23.4. The van der Waals surface area contributed by atoms with Gasteiger partial charge in [0.1, 0.15) is 5.75 Å². The summed E-state index contributed by atoms with van der Waals surface area (Å²) in [5.41, 5.74) is 0.943. The molecule has 1 aliphatic carbocycles. The fourth-order valence-corrected chi connectivity index (χ4v) is 2.62. The highest BCUT2D eigenvalue weighted by Gasteiger charge is 2.31. The molecule has 1 aromatic heterocycles. The molecule has 0 aliphatic heterocycles. The van der Waals surface area contributed by atoms with E-state index in [1.54, 1.807) is 12.1 Å². The summed E-state index contributed by atoms with van der Waals surface area (Å²) in [4.78, 5) is 4.30. The second kappa shape index (κ2) is 5.88. The van der Waals surface area contributed by atoms with Gasteiger partial charge in [-0.1, -0.05) is 6.92 Å². The van der Waals surface area contributed by atoms with Crippen LogP contribution in [0.5, 0.6) is 5.75 Å². The third-order valence-electron chi connectivity index (χ3n) is 4.04. The largest absolute Gasteiger partial charge is 0.506 e. The van der Waals surface area contributed by atoms with E-state index in [1.165, 1.54) is 0 Å². The Kier molecular flexibility index (Phi) is 4.42. The molecule has 1 aliphatic rings. The molecule has 0 radical (unpaired) electrons. The molecule has 0 amide bonds. The molecule has 19 heavy (non-hydrogen) atoms. The summed E-state index contributed by atoms with van der Waals surface area (Å²) in [6.45, 7) is 5.20. The van der Waals surface area contributed by atoms with Crippen LogP contribution in [0, 0.1) is 12.8 Å². The number of pyridine rings is 1. The number of aromatic hydroxyl groups is 1. The molecule has 0 spiro atoms. The Balaban J connectivity index is 1.84. The van der Waals surface area contributed by atoms with Crippen LogP contribution in [0.3, 0.4) is 0 Å². The van der Waals surface area contributed by atoms with E-state index in [1.807, 2.05) is 6.92 Å². The smallest absolute Gasteiger partial charge is 0.138 e. The van der Waals surface area contributed by atoms with Gasteiger partial charge < -0.3 is 15.5 Å². The zero-order chi connectivity index (χ0) is 13.9. The third kappa shape index (κ3) is 3.91. The molecular formula is C15H24N2O2. The number of aliphatic hydroxyl groups is 1. The fraction of sp³-hybridized carbons (Fsp3) is 0.667. The van der Waals surface area contributed by atoms with Crippen molar-refractivity contribution in [2.75, 3.05) is 6.54 Å². The van der Waals surface area contributed by atoms with E-state index in [0.717, 1.165) is 37.3 Å². The number of rotatable bonds is 4. The summed E-state index contributed by atoms with van der Waals surface area (Å²) in [5.74, 6) is 0.935. The molecule has 3 N–H and O–H groups in total. The second-order valence-corrected chi connectivity index (χ2v) is 5.93. The number of nitrogens with one attached hydrogen (secondary N) is 1. The lowest BCUT2D eigenvalue weighted by Gasteiger charge is -2.35. The van der Waals surface area contributed by atoms with Gasteiger partial charge in [-0.3, -0.25) is 4.98 Å². The number of nitrogens with zero attached hydrogens (tertiary/aromatic N) is 1. The summed E-state index contributed by atoms with van der Waals surface area (Å²) >= 11 is 0. The van der Waals surface area contributed by atoms with Crippen molar-refractivity contribution in [1.82, 2.24) is 10.3 Å². The van der Waals surface area contributed by atoms with E-state index >= 15 is 0 Å². The van der Waals surface area contributed by atoms with Gasteiger partial charge in [0.25, 0.3) is 0 Å². The molecule has 1 saturated carbocycles. The molecule has 1 aromatic rings. The van der Waals surface area contributed by atoms with Crippen LogP contribution in [-0.4, -0.2) is 27.3 Å². The van der Waals surface area contributed by atoms with Crippen molar-refractivity contribution < 1.29 is 10.2 Å². The maximum Gasteiger partial charge on any atom is 0.138 e. The Morgan fingerprint density at radius 3 is 2.74 bits per heavy atom. The second-order valence-electron chi connectivity index (χ2n) is 5.93. The van der Waals surface area contributed by atoms with Crippen molar-refractivity contribution in [3.8, 4) is 5.75 Å². The molecule has 0 bridgehead atoms. The summed E-state index contributed by atoms with van der Waals surface area (Å²) in [6, 6.07) is 3.45. The lowest BCUT2D eigenvalue weighted by Crippen LogP contribution is -2.43. The normalized spacial score (nSPS) is 27.4. The van der Waals surface area contributed by atoms with Crippen molar-refractivity contribution >= 4 is 0 Å². The SMILES string of the molecule is Cc1ccc(O)c(CNCC2(O)CCC(C)CC2)n1. The molecule has 2 rings (SSSR count). The summed E-state index contributed by atoms with van der Waals surface area (Å²) < 4.78 is 0. The van der Waals surface area contributed by atoms with Crippen LogP contribution in [0.15, 0.2) is 12.1 Å². The van der Waals surface area contributed by atoms with Crippen molar-refractivity contribution in [3.63, 3.8) is 0 Å². The van der Waals surface area contributed by atoms with Gasteiger partial charge in [0, 0.05) is 18.8 Å². The van der Waals surface area contributed by atoms with E-state index in [4.69, 9.17) is 0 Å². The van der Waals surface area contributed by atoms with Crippen LogP contribution in [0.2, 0.25) is 0 Å². The standard InChI is InChI=1S/C15H24N2O2/c1-11-5-7-15(19,8-6-11)10-16-9-13-14(18)4-3-12(2)17-13/h3-4,11,16,18-19H,5-10H2,1-2H3. The van der Waals surface area contributed by atoms with Crippen LogP contribution < -0.4 is 5.32 Å². The topological polar surface area (TPSA) is 65.4 Å². The third-order valence-corrected chi connectivity index (χ3v) is 4.04. The van der Waals surface area contributed by atoms with Crippen molar-refractivity contribution in [2.45, 2.75) is 51.7 Å². The maximum absolute atomic E-state index is 10.4. The lowest BCUT2D eigenvalue weighted by molar-refractivity contribution is -0.00639. The van der Waals surface area contributed by atoms with Gasteiger partial charge in [0.15, 0.2) is 0 Å². The molecule has 0 unspecified atom stereocenters.